The summed E-state index contributed by atoms with van der Waals surface area (Å²) in [6, 6.07) is 0. The van der Waals surface area contributed by atoms with Crippen molar-refractivity contribution in [1.82, 2.24) is 10.2 Å². The standard InChI is InChI=1S/C8H13BrN4/c1-4(2)6-5(3)8(11-10)13-12-7(6)9/h4H,10H2,1-3H3,(H,11,13). The minimum absolute atomic E-state index is 0.400. The Bertz CT molecular complexity index is 311. The summed E-state index contributed by atoms with van der Waals surface area (Å²) in [5, 5.41) is 7.86. The largest absolute Gasteiger partial charge is 0.307 e. The van der Waals surface area contributed by atoms with E-state index in [2.05, 4.69) is 45.4 Å². The van der Waals surface area contributed by atoms with Crippen LogP contribution in [0.15, 0.2) is 4.60 Å². The Hall–Kier alpha value is -0.680. The summed E-state index contributed by atoms with van der Waals surface area (Å²) in [5.41, 5.74) is 4.71. The lowest BCUT2D eigenvalue weighted by molar-refractivity contribution is 0.816. The molecular formula is C8H13BrN4. The van der Waals surface area contributed by atoms with E-state index < -0.39 is 0 Å². The van der Waals surface area contributed by atoms with E-state index in [1.54, 1.807) is 0 Å². The van der Waals surface area contributed by atoms with E-state index >= 15 is 0 Å². The van der Waals surface area contributed by atoms with Crippen LogP contribution < -0.4 is 11.3 Å². The van der Waals surface area contributed by atoms with Crippen LogP contribution in [0.2, 0.25) is 0 Å². The van der Waals surface area contributed by atoms with Gasteiger partial charge in [0.05, 0.1) is 0 Å². The Balaban J connectivity index is 3.30. The molecule has 5 heteroatoms. The molecule has 72 valence electrons. The fourth-order valence-electron chi connectivity index (χ4n) is 1.31. The molecule has 0 atom stereocenters. The van der Waals surface area contributed by atoms with Crippen LogP contribution in [-0.4, -0.2) is 10.2 Å². The van der Waals surface area contributed by atoms with E-state index in [0.29, 0.717) is 11.7 Å². The van der Waals surface area contributed by atoms with Crippen LogP contribution in [0.4, 0.5) is 5.82 Å². The number of nitrogen functional groups attached to an aromatic ring is 1. The molecule has 4 nitrogen and oxygen atoms in total. The monoisotopic (exact) mass is 244 g/mol. The number of nitrogens with one attached hydrogen (secondary N) is 1. The lowest BCUT2D eigenvalue weighted by Gasteiger charge is -2.13. The van der Waals surface area contributed by atoms with Gasteiger partial charge in [0.2, 0.25) is 0 Å². The third-order valence-corrected chi connectivity index (χ3v) is 2.52. The Kier molecular flexibility index (Phi) is 3.22. The molecule has 0 amide bonds. The molecule has 0 aliphatic carbocycles. The molecule has 0 bridgehead atoms. The first-order valence-electron chi connectivity index (χ1n) is 4.07. The summed E-state index contributed by atoms with van der Waals surface area (Å²) in [6.45, 7) is 6.19. The van der Waals surface area contributed by atoms with Crippen LogP contribution in [0.5, 0.6) is 0 Å². The van der Waals surface area contributed by atoms with Gasteiger partial charge in [-0.1, -0.05) is 13.8 Å². The lowest BCUT2D eigenvalue weighted by Crippen LogP contribution is -2.13. The fourth-order valence-corrected chi connectivity index (χ4v) is 2.15. The molecule has 0 fully saturated rings. The highest BCUT2D eigenvalue weighted by molar-refractivity contribution is 9.10. The van der Waals surface area contributed by atoms with Gasteiger partial charge in [-0.3, -0.25) is 0 Å². The molecule has 0 radical (unpaired) electrons. The van der Waals surface area contributed by atoms with Gasteiger partial charge in [-0.25, -0.2) is 5.84 Å². The molecule has 1 rings (SSSR count). The first-order chi connectivity index (χ1) is 6.07. The highest BCUT2D eigenvalue weighted by Crippen LogP contribution is 2.28. The van der Waals surface area contributed by atoms with Gasteiger partial charge in [0.25, 0.3) is 0 Å². The molecule has 0 aromatic carbocycles. The highest BCUT2D eigenvalue weighted by atomic mass is 79.9. The number of aromatic nitrogens is 2. The summed E-state index contributed by atoms with van der Waals surface area (Å²) in [5.74, 6) is 6.33. The Labute approximate surface area is 86.0 Å². The molecule has 1 aromatic heterocycles. The summed E-state index contributed by atoms with van der Waals surface area (Å²) < 4.78 is 0.791. The summed E-state index contributed by atoms with van der Waals surface area (Å²) >= 11 is 3.37. The molecule has 0 saturated carbocycles. The molecule has 0 spiro atoms. The Morgan fingerprint density at radius 3 is 2.46 bits per heavy atom. The molecular weight excluding hydrogens is 232 g/mol. The maximum Gasteiger partial charge on any atom is 0.165 e. The van der Waals surface area contributed by atoms with Crippen molar-refractivity contribution in [2.75, 3.05) is 5.43 Å². The number of nitrogens with zero attached hydrogens (tertiary/aromatic N) is 2. The van der Waals surface area contributed by atoms with Gasteiger partial charge in [-0.05, 0) is 34.3 Å². The zero-order valence-electron chi connectivity index (χ0n) is 7.93. The SMILES string of the molecule is Cc1c(NN)nnc(Br)c1C(C)C. The molecule has 13 heavy (non-hydrogen) atoms. The van der Waals surface area contributed by atoms with E-state index in [-0.39, 0.29) is 0 Å². The number of hydrazine groups is 1. The van der Waals surface area contributed by atoms with E-state index in [9.17, 15) is 0 Å². The van der Waals surface area contributed by atoms with Gasteiger partial charge in [0, 0.05) is 5.56 Å². The second-order valence-corrected chi connectivity index (χ2v) is 3.93. The normalized spacial score (nSPS) is 10.6. The quantitative estimate of drug-likeness (QED) is 0.617. The number of hydrogen-bond acceptors (Lipinski definition) is 4. The first-order valence-corrected chi connectivity index (χ1v) is 4.86. The molecule has 1 heterocycles. The topological polar surface area (TPSA) is 63.8 Å². The van der Waals surface area contributed by atoms with Crippen molar-refractivity contribution in [2.24, 2.45) is 5.84 Å². The first kappa shape index (κ1) is 10.4. The molecule has 3 N–H and O–H groups in total. The highest BCUT2D eigenvalue weighted by Gasteiger charge is 2.13. The van der Waals surface area contributed by atoms with Crippen molar-refractivity contribution in [3.63, 3.8) is 0 Å². The summed E-state index contributed by atoms with van der Waals surface area (Å²) in [4.78, 5) is 0. The zero-order valence-corrected chi connectivity index (χ0v) is 9.51. The predicted molar refractivity (Wildman–Crippen MR) is 56.4 cm³/mol. The fraction of sp³-hybridized carbons (Fsp3) is 0.500. The van der Waals surface area contributed by atoms with Gasteiger partial charge < -0.3 is 5.43 Å². The molecule has 0 aliphatic rings. The van der Waals surface area contributed by atoms with Crippen molar-refractivity contribution >= 4 is 21.7 Å². The average molecular weight is 245 g/mol. The molecule has 0 aliphatic heterocycles. The maximum atomic E-state index is 5.30. The van der Waals surface area contributed by atoms with Crippen molar-refractivity contribution < 1.29 is 0 Å². The van der Waals surface area contributed by atoms with E-state index in [4.69, 9.17) is 5.84 Å². The van der Waals surface area contributed by atoms with E-state index in [0.717, 1.165) is 15.7 Å². The van der Waals surface area contributed by atoms with Crippen LogP contribution in [0, 0.1) is 6.92 Å². The van der Waals surface area contributed by atoms with Crippen LogP contribution >= 0.6 is 15.9 Å². The van der Waals surface area contributed by atoms with Crippen molar-refractivity contribution in [2.45, 2.75) is 26.7 Å². The van der Waals surface area contributed by atoms with Gasteiger partial charge in [0.15, 0.2) is 5.82 Å². The van der Waals surface area contributed by atoms with Gasteiger partial charge in [0.1, 0.15) is 4.60 Å². The lowest BCUT2D eigenvalue weighted by atomic mass is 10.0. The second kappa shape index (κ2) is 4.02. The van der Waals surface area contributed by atoms with E-state index in [1.807, 2.05) is 6.92 Å². The summed E-state index contributed by atoms with van der Waals surface area (Å²) in [6.07, 6.45) is 0. The van der Waals surface area contributed by atoms with Crippen molar-refractivity contribution in [3.8, 4) is 0 Å². The maximum absolute atomic E-state index is 5.30. The predicted octanol–water partition coefficient (Wildman–Crippen LogP) is 1.96. The number of hydrogen-bond donors (Lipinski definition) is 2. The van der Waals surface area contributed by atoms with Gasteiger partial charge >= 0.3 is 0 Å². The minimum Gasteiger partial charge on any atom is -0.307 e. The van der Waals surface area contributed by atoms with Crippen LogP contribution in [0.1, 0.15) is 30.9 Å². The smallest absolute Gasteiger partial charge is 0.165 e. The second-order valence-electron chi connectivity index (χ2n) is 3.18. The number of halogens is 1. The average Bonchev–Trinajstić information content (AvgIpc) is 2.04. The zero-order chi connectivity index (χ0) is 10.0. The van der Waals surface area contributed by atoms with Crippen LogP contribution in [-0.2, 0) is 0 Å². The molecule has 1 aromatic rings. The molecule has 0 unspecified atom stereocenters. The van der Waals surface area contributed by atoms with Gasteiger partial charge in [-0.15, -0.1) is 10.2 Å². The minimum atomic E-state index is 0.400. The number of rotatable bonds is 2. The molecule has 0 saturated heterocycles. The number of nitrogens with two attached hydrogens (primary N) is 1. The number of anilines is 1. The Morgan fingerprint density at radius 2 is 2.00 bits per heavy atom. The van der Waals surface area contributed by atoms with Crippen molar-refractivity contribution in [1.29, 1.82) is 0 Å². The van der Waals surface area contributed by atoms with Crippen molar-refractivity contribution in [3.05, 3.63) is 15.7 Å². The van der Waals surface area contributed by atoms with E-state index in [1.165, 1.54) is 0 Å². The van der Waals surface area contributed by atoms with Crippen LogP contribution in [0.3, 0.4) is 0 Å². The summed E-state index contributed by atoms with van der Waals surface area (Å²) in [7, 11) is 0. The van der Waals surface area contributed by atoms with Crippen LogP contribution in [0.25, 0.3) is 0 Å². The Morgan fingerprint density at radius 1 is 1.38 bits per heavy atom. The van der Waals surface area contributed by atoms with Gasteiger partial charge in [-0.2, -0.15) is 0 Å². The third kappa shape index (κ3) is 1.97. The third-order valence-electron chi connectivity index (χ3n) is 1.93.